The molecule has 0 amide bonds. The van der Waals surface area contributed by atoms with E-state index in [2.05, 4.69) is 24.2 Å². The Labute approximate surface area is 113 Å². The van der Waals surface area contributed by atoms with Crippen LogP contribution in [0.3, 0.4) is 0 Å². The molecule has 3 N–H and O–H groups in total. The lowest BCUT2D eigenvalue weighted by Crippen LogP contribution is -2.26. The molecule has 3 atom stereocenters. The molecule has 6 nitrogen and oxygen atoms in total. The van der Waals surface area contributed by atoms with Crippen LogP contribution in [0, 0.1) is 11.8 Å². The average molecular weight is 266 g/mol. The molecule has 19 heavy (non-hydrogen) atoms. The second-order valence-corrected chi connectivity index (χ2v) is 5.59. The van der Waals surface area contributed by atoms with Gasteiger partial charge in [-0.15, -0.1) is 5.10 Å². The molecule has 0 radical (unpaired) electrons. The van der Waals surface area contributed by atoms with E-state index >= 15 is 0 Å². The standard InChI is InChI=1S/C13H22N4O2/c1-8-3-4-10(7-9(8)2)17-11(5-6-14)12(13(18)19)15-16-17/h8-10H,3-7,14H2,1-2H3,(H,18,19). The normalized spacial score (nSPS) is 27.4. The highest BCUT2D eigenvalue weighted by Crippen LogP contribution is 2.36. The quantitative estimate of drug-likeness (QED) is 0.860. The first-order valence-corrected chi connectivity index (χ1v) is 6.92. The van der Waals surface area contributed by atoms with Gasteiger partial charge in [0.1, 0.15) is 0 Å². The Morgan fingerprint density at radius 1 is 1.42 bits per heavy atom. The van der Waals surface area contributed by atoms with Gasteiger partial charge in [-0.1, -0.05) is 19.1 Å². The predicted octanol–water partition coefficient (Wildman–Crippen LogP) is 1.47. The Morgan fingerprint density at radius 2 is 2.16 bits per heavy atom. The van der Waals surface area contributed by atoms with Crippen molar-refractivity contribution < 1.29 is 9.90 Å². The van der Waals surface area contributed by atoms with Crippen LogP contribution in [0.25, 0.3) is 0 Å². The lowest BCUT2D eigenvalue weighted by molar-refractivity contribution is 0.0689. The van der Waals surface area contributed by atoms with Gasteiger partial charge in [0.05, 0.1) is 11.7 Å². The Hall–Kier alpha value is -1.43. The third kappa shape index (κ3) is 2.78. The van der Waals surface area contributed by atoms with Crippen LogP contribution in [-0.2, 0) is 6.42 Å². The molecular formula is C13H22N4O2. The van der Waals surface area contributed by atoms with Crippen molar-refractivity contribution in [3.8, 4) is 0 Å². The molecule has 1 aliphatic carbocycles. The van der Waals surface area contributed by atoms with Crippen LogP contribution in [-0.4, -0.2) is 32.6 Å². The number of carboxylic acids is 1. The van der Waals surface area contributed by atoms with Crippen molar-refractivity contribution >= 4 is 5.97 Å². The molecule has 0 saturated heterocycles. The van der Waals surface area contributed by atoms with Gasteiger partial charge < -0.3 is 10.8 Å². The van der Waals surface area contributed by atoms with Crippen molar-refractivity contribution in [2.75, 3.05) is 6.54 Å². The lowest BCUT2D eigenvalue weighted by atomic mass is 9.79. The maximum atomic E-state index is 11.2. The summed E-state index contributed by atoms with van der Waals surface area (Å²) in [5, 5.41) is 17.0. The van der Waals surface area contributed by atoms with Gasteiger partial charge in [0.2, 0.25) is 0 Å². The van der Waals surface area contributed by atoms with Crippen LogP contribution in [0.2, 0.25) is 0 Å². The number of carbonyl (C=O) groups is 1. The van der Waals surface area contributed by atoms with Crippen LogP contribution in [0.15, 0.2) is 0 Å². The van der Waals surface area contributed by atoms with E-state index in [1.165, 1.54) is 0 Å². The van der Waals surface area contributed by atoms with Crippen molar-refractivity contribution in [1.82, 2.24) is 15.0 Å². The molecule has 0 bridgehead atoms. The van der Waals surface area contributed by atoms with Gasteiger partial charge in [0, 0.05) is 6.42 Å². The zero-order valence-corrected chi connectivity index (χ0v) is 11.5. The molecule has 0 aromatic carbocycles. The Morgan fingerprint density at radius 3 is 2.74 bits per heavy atom. The molecule has 0 spiro atoms. The monoisotopic (exact) mass is 266 g/mol. The fourth-order valence-corrected chi connectivity index (χ4v) is 2.88. The lowest BCUT2D eigenvalue weighted by Gasteiger charge is -2.32. The summed E-state index contributed by atoms with van der Waals surface area (Å²) in [5.41, 5.74) is 6.30. The summed E-state index contributed by atoms with van der Waals surface area (Å²) in [7, 11) is 0. The molecule has 2 rings (SSSR count). The third-order valence-corrected chi connectivity index (χ3v) is 4.29. The second-order valence-electron chi connectivity index (χ2n) is 5.59. The van der Waals surface area contributed by atoms with Gasteiger partial charge in [0.15, 0.2) is 5.69 Å². The summed E-state index contributed by atoms with van der Waals surface area (Å²) in [6.07, 6.45) is 3.72. The molecule has 3 unspecified atom stereocenters. The summed E-state index contributed by atoms with van der Waals surface area (Å²) in [6.45, 7) is 4.92. The number of hydrogen-bond acceptors (Lipinski definition) is 4. The molecule has 1 heterocycles. The van der Waals surface area contributed by atoms with Gasteiger partial charge in [-0.25, -0.2) is 9.48 Å². The van der Waals surface area contributed by atoms with E-state index in [9.17, 15) is 4.79 Å². The van der Waals surface area contributed by atoms with Gasteiger partial charge >= 0.3 is 5.97 Å². The van der Waals surface area contributed by atoms with E-state index in [0.717, 1.165) is 25.2 Å². The zero-order chi connectivity index (χ0) is 14.0. The fraction of sp³-hybridized carbons (Fsp3) is 0.769. The first kappa shape index (κ1) is 14.0. The summed E-state index contributed by atoms with van der Waals surface area (Å²) >= 11 is 0. The van der Waals surface area contributed by atoms with E-state index in [1.54, 1.807) is 4.68 Å². The minimum Gasteiger partial charge on any atom is -0.476 e. The summed E-state index contributed by atoms with van der Waals surface area (Å²) in [4.78, 5) is 11.2. The highest BCUT2D eigenvalue weighted by molar-refractivity contribution is 5.86. The summed E-state index contributed by atoms with van der Waals surface area (Å²) < 4.78 is 1.80. The second kappa shape index (κ2) is 5.69. The van der Waals surface area contributed by atoms with E-state index in [4.69, 9.17) is 10.8 Å². The number of nitrogens with two attached hydrogens (primary N) is 1. The number of aromatic carboxylic acids is 1. The molecule has 6 heteroatoms. The third-order valence-electron chi connectivity index (χ3n) is 4.29. The van der Waals surface area contributed by atoms with Crippen molar-refractivity contribution in [3.63, 3.8) is 0 Å². The van der Waals surface area contributed by atoms with E-state index < -0.39 is 5.97 Å². The van der Waals surface area contributed by atoms with E-state index in [0.29, 0.717) is 24.6 Å². The zero-order valence-electron chi connectivity index (χ0n) is 11.5. The first-order valence-electron chi connectivity index (χ1n) is 6.92. The Balaban J connectivity index is 2.26. The van der Waals surface area contributed by atoms with Crippen molar-refractivity contribution in [3.05, 3.63) is 11.4 Å². The van der Waals surface area contributed by atoms with Crippen molar-refractivity contribution in [1.29, 1.82) is 0 Å². The first-order chi connectivity index (χ1) is 9.04. The fourth-order valence-electron chi connectivity index (χ4n) is 2.88. The van der Waals surface area contributed by atoms with Crippen LogP contribution in [0.4, 0.5) is 0 Å². The minimum atomic E-state index is -1.02. The number of rotatable bonds is 4. The number of aromatic nitrogens is 3. The molecule has 1 fully saturated rings. The largest absolute Gasteiger partial charge is 0.476 e. The number of carboxylic acid groups (broad SMARTS) is 1. The minimum absolute atomic E-state index is 0.0525. The summed E-state index contributed by atoms with van der Waals surface area (Å²) in [6, 6.07) is 0.258. The maximum absolute atomic E-state index is 11.2. The van der Waals surface area contributed by atoms with Gasteiger partial charge in [-0.3, -0.25) is 0 Å². The average Bonchev–Trinajstić information content (AvgIpc) is 2.77. The van der Waals surface area contributed by atoms with Crippen LogP contribution in [0.5, 0.6) is 0 Å². The van der Waals surface area contributed by atoms with Gasteiger partial charge in [0.25, 0.3) is 0 Å². The smallest absolute Gasteiger partial charge is 0.358 e. The van der Waals surface area contributed by atoms with E-state index in [1.807, 2.05) is 0 Å². The molecular weight excluding hydrogens is 244 g/mol. The van der Waals surface area contributed by atoms with Crippen LogP contribution in [0.1, 0.15) is 55.3 Å². The van der Waals surface area contributed by atoms with Crippen molar-refractivity contribution in [2.24, 2.45) is 17.6 Å². The Kier molecular flexibility index (Phi) is 4.19. The molecule has 0 aliphatic heterocycles. The number of nitrogens with zero attached hydrogens (tertiary/aromatic N) is 3. The highest BCUT2D eigenvalue weighted by Gasteiger charge is 2.29. The molecule has 1 aliphatic rings. The number of hydrogen-bond donors (Lipinski definition) is 2. The SMILES string of the molecule is CC1CCC(n2nnc(C(=O)O)c2CCN)CC1C. The maximum Gasteiger partial charge on any atom is 0.358 e. The predicted molar refractivity (Wildman–Crippen MR) is 71.0 cm³/mol. The molecule has 106 valence electrons. The van der Waals surface area contributed by atoms with Crippen molar-refractivity contribution in [2.45, 2.75) is 45.6 Å². The van der Waals surface area contributed by atoms with Crippen LogP contribution >= 0.6 is 0 Å². The van der Waals surface area contributed by atoms with E-state index in [-0.39, 0.29) is 11.7 Å². The molecule has 1 aromatic heterocycles. The molecule has 1 aromatic rings. The van der Waals surface area contributed by atoms with Gasteiger partial charge in [-0.05, 0) is 37.6 Å². The highest BCUT2D eigenvalue weighted by atomic mass is 16.4. The van der Waals surface area contributed by atoms with Gasteiger partial charge in [-0.2, -0.15) is 0 Å². The van der Waals surface area contributed by atoms with Crippen LogP contribution < -0.4 is 5.73 Å². The molecule has 1 saturated carbocycles. The Bertz CT molecular complexity index is 457. The summed E-state index contributed by atoms with van der Waals surface area (Å²) in [5.74, 6) is 0.325. The topological polar surface area (TPSA) is 94.0 Å².